The maximum atomic E-state index is 9.70. The van der Waals surface area contributed by atoms with Gasteiger partial charge in [-0.2, -0.15) is 0 Å². The minimum absolute atomic E-state index is 0.661. The van der Waals surface area contributed by atoms with Gasteiger partial charge in [0.05, 0.1) is 5.69 Å². The van der Waals surface area contributed by atoms with Crippen LogP contribution in [0.2, 0.25) is 0 Å². The summed E-state index contributed by atoms with van der Waals surface area (Å²) in [5.74, 6) is 0. The Bertz CT molecular complexity index is 1120. The highest BCUT2D eigenvalue weighted by molar-refractivity contribution is 6.29. The lowest BCUT2D eigenvalue weighted by Crippen LogP contribution is -2.01. The maximum absolute atomic E-state index is 9.70. The highest BCUT2D eigenvalue weighted by atomic mass is 16.4. The number of fused-ring (bicyclic) bond motifs is 5. The predicted octanol–water partition coefficient (Wildman–Crippen LogP) is 4.90. The van der Waals surface area contributed by atoms with Gasteiger partial charge in [0.1, 0.15) is 5.71 Å². The first-order valence-corrected chi connectivity index (χ1v) is 8.36. The largest absolute Gasteiger partial charge is 0.410 e. The number of benzene rings is 3. The molecule has 0 fully saturated rings. The van der Waals surface area contributed by atoms with E-state index in [1.165, 1.54) is 5.56 Å². The molecule has 0 bridgehead atoms. The monoisotopic (exact) mass is 324 g/mol. The zero-order valence-electron chi connectivity index (χ0n) is 13.6. The molecule has 0 spiro atoms. The summed E-state index contributed by atoms with van der Waals surface area (Å²) >= 11 is 0. The third-order valence-corrected chi connectivity index (χ3v) is 4.93. The second kappa shape index (κ2) is 5.35. The minimum Gasteiger partial charge on any atom is -0.410 e. The number of aromatic nitrogens is 1. The van der Waals surface area contributed by atoms with Gasteiger partial charge in [0.15, 0.2) is 0 Å². The average molecular weight is 324 g/mol. The first kappa shape index (κ1) is 14.1. The van der Waals surface area contributed by atoms with E-state index in [2.05, 4.69) is 58.3 Å². The van der Waals surface area contributed by atoms with Crippen molar-refractivity contribution in [1.82, 2.24) is 4.57 Å². The van der Waals surface area contributed by atoms with E-state index in [1.807, 2.05) is 30.3 Å². The molecule has 1 N–H and O–H groups in total. The molecule has 0 saturated heterocycles. The zero-order chi connectivity index (χ0) is 16.8. The molecule has 3 aromatic carbocycles. The molecule has 0 saturated carbocycles. The van der Waals surface area contributed by atoms with Gasteiger partial charge in [-0.1, -0.05) is 78.0 Å². The summed E-state index contributed by atoms with van der Waals surface area (Å²) in [7, 11) is 0. The summed E-state index contributed by atoms with van der Waals surface area (Å²) in [6.45, 7) is 0.781. The third kappa shape index (κ3) is 1.96. The Balaban J connectivity index is 1.86. The van der Waals surface area contributed by atoms with Crippen LogP contribution in [0.4, 0.5) is 0 Å². The second-order valence-corrected chi connectivity index (χ2v) is 6.31. The summed E-state index contributed by atoms with van der Waals surface area (Å²) in [5.41, 5.74) is 7.34. The molecule has 120 valence electrons. The topological polar surface area (TPSA) is 37.5 Å². The molecule has 1 aliphatic rings. The molecule has 0 aliphatic heterocycles. The lowest BCUT2D eigenvalue weighted by Gasteiger charge is -2.11. The van der Waals surface area contributed by atoms with E-state index in [0.717, 1.165) is 39.8 Å². The quantitative estimate of drug-likeness (QED) is 0.364. The van der Waals surface area contributed by atoms with E-state index in [1.54, 1.807) is 0 Å². The Hall–Kier alpha value is -3.33. The Morgan fingerprint density at radius 2 is 1.44 bits per heavy atom. The summed E-state index contributed by atoms with van der Waals surface area (Å²) < 4.78 is 2.33. The average Bonchev–Trinajstić information content (AvgIpc) is 3.16. The first-order valence-electron chi connectivity index (χ1n) is 8.36. The highest BCUT2D eigenvalue weighted by Gasteiger charge is 2.31. The first-order chi connectivity index (χ1) is 12.4. The van der Waals surface area contributed by atoms with Gasteiger partial charge in [0.25, 0.3) is 0 Å². The Labute approximate surface area is 145 Å². The fraction of sp³-hybridized carbons (Fsp3) is 0.0455. The van der Waals surface area contributed by atoms with Gasteiger partial charge in [-0.05, 0) is 11.6 Å². The molecule has 1 heterocycles. The van der Waals surface area contributed by atoms with E-state index in [0.29, 0.717) is 5.71 Å². The van der Waals surface area contributed by atoms with Gasteiger partial charge < -0.3 is 9.77 Å². The molecule has 25 heavy (non-hydrogen) atoms. The number of oxime groups is 1. The van der Waals surface area contributed by atoms with Gasteiger partial charge in [0.2, 0.25) is 0 Å². The number of para-hydroxylation sites is 1. The normalized spacial score (nSPS) is 14.0. The molecular formula is C22H16N2O. The number of hydrogen-bond donors (Lipinski definition) is 1. The highest BCUT2D eigenvalue weighted by Crippen LogP contribution is 2.43. The molecule has 1 aromatic heterocycles. The van der Waals surface area contributed by atoms with Crippen molar-refractivity contribution in [2.45, 2.75) is 6.54 Å². The van der Waals surface area contributed by atoms with Crippen LogP contribution in [-0.4, -0.2) is 15.5 Å². The van der Waals surface area contributed by atoms with Crippen LogP contribution in [-0.2, 0) is 6.54 Å². The number of rotatable bonds is 2. The summed E-state index contributed by atoms with van der Waals surface area (Å²) in [6.07, 6.45) is 0. The lowest BCUT2D eigenvalue weighted by molar-refractivity contribution is 0.320. The number of nitrogens with zero attached hydrogens (tertiary/aromatic N) is 2. The van der Waals surface area contributed by atoms with Crippen molar-refractivity contribution >= 4 is 16.6 Å². The van der Waals surface area contributed by atoms with E-state index in [9.17, 15) is 5.21 Å². The van der Waals surface area contributed by atoms with Crippen LogP contribution >= 0.6 is 0 Å². The molecule has 0 unspecified atom stereocenters. The predicted molar refractivity (Wildman–Crippen MR) is 100 cm³/mol. The van der Waals surface area contributed by atoms with Gasteiger partial charge in [-0.3, -0.25) is 0 Å². The molecule has 0 atom stereocenters. The van der Waals surface area contributed by atoms with Gasteiger partial charge >= 0.3 is 0 Å². The van der Waals surface area contributed by atoms with E-state index in [4.69, 9.17) is 0 Å². The zero-order valence-corrected chi connectivity index (χ0v) is 13.6. The van der Waals surface area contributed by atoms with Crippen LogP contribution in [0.5, 0.6) is 0 Å². The molecular weight excluding hydrogens is 308 g/mol. The van der Waals surface area contributed by atoms with Crippen molar-refractivity contribution in [3.63, 3.8) is 0 Å². The van der Waals surface area contributed by atoms with Gasteiger partial charge in [-0.25, -0.2) is 0 Å². The van der Waals surface area contributed by atoms with Crippen LogP contribution in [0.3, 0.4) is 0 Å². The van der Waals surface area contributed by atoms with Crippen LogP contribution < -0.4 is 0 Å². The summed E-state index contributed by atoms with van der Waals surface area (Å²) in [6, 6.07) is 26.9. The SMILES string of the molecule is O/N=C1/c2ccccc2-c2c1c1ccccc1n2Cc1ccccc1. The van der Waals surface area contributed by atoms with Crippen LogP contribution in [0.25, 0.3) is 22.2 Å². The van der Waals surface area contributed by atoms with E-state index < -0.39 is 0 Å². The fourth-order valence-corrected chi connectivity index (χ4v) is 3.89. The van der Waals surface area contributed by atoms with Crippen LogP contribution in [0.1, 0.15) is 16.7 Å². The van der Waals surface area contributed by atoms with Crippen LogP contribution in [0.15, 0.2) is 84.0 Å². The standard InChI is InChI=1S/C22H16N2O/c25-23-21-16-10-4-5-11-17(16)22-20(21)18-12-6-7-13-19(18)24(22)14-15-8-2-1-3-9-15/h1-13,25H,14H2/b23-21-. The van der Waals surface area contributed by atoms with Crippen molar-refractivity contribution in [3.05, 3.63) is 95.6 Å². The molecule has 5 rings (SSSR count). The van der Waals surface area contributed by atoms with E-state index in [-0.39, 0.29) is 0 Å². The molecule has 0 radical (unpaired) electrons. The van der Waals surface area contributed by atoms with Gasteiger partial charge in [0, 0.05) is 34.1 Å². The van der Waals surface area contributed by atoms with Crippen molar-refractivity contribution in [1.29, 1.82) is 0 Å². The van der Waals surface area contributed by atoms with Crippen molar-refractivity contribution in [2.24, 2.45) is 5.16 Å². The minimum atomic E-state index is 0.661. The molecule has 3 heteroatoms. The Morgan fingerprint density at radius 1 is 0.760 bits per heavy atom. The molecule has 1 aliphatic carbocycles. The van der Waals surface area contributed by atoms with Gasteiger partial charge in [-0.15, -0.1) is 0 Å². The molecule has 4 aromatic rings. The third-order valence-electron chi connectivity index (χ3n) is 4.93. The Kier molecular flexibility index (Phi) is 3.01. The number of hydrogen-bond acceptors (Lipinski definition) is 2. The van der Waals surface area contributed by atoms with E-state index >= 15 is 0 Å². The second-order valence-electron chi connectivity index (χ2n) is 6.31. The van der Waals surface area contributed by atoms with Crippen molar-refractivity contribution < 1.29 is 5.21 Å². The Morgan fingerprint density at radius 3 is 2.24 bits per heavy atom. The molecule has 0 amide bonds. The summed E-state index contributed by atoms with van der Waals surface area (Å²) in [4.78, 5) is 0. The van der Waals surface area contributed by atoms with Crippen LogP contribution in [0, 0.1) is 0 Å². The van der Waals surface area contributed by atoms with Crippen molar-refractivity contribution in [2.75, 3.05) is 0 Å². The maximum Gasteiger partial charge on any atom is 0.120 e. The smallest absolute Gasteiger partial charge is 0.120 e. The van der Waals surface area contributed by atoms with Crippen molar-refractivity contribution in [3.8, 4) is 11.3 Å². The lowest BCUT2D eigenvalue weighted by atomic mass is 10.1. The molecule has 3 nitrogen and oxygen atoms in total. The summed E-state index contributed by atoms with van der Waals surface area (Å²) in [5, 5.41) is 14.5. The fourth-order valence-electron chi connectivity index (χ4n) is 3.89.